The zero-order valence-electron chi connectivity index (χ0n) is 42.1. The van der Waals surface area contributed by atoms with Gasteiger partial charge in [0.2, 0.25) is 65.0 Å². The number of hydrogen-bond donors (Lipinski definition) is 13. The van der Waals surface area contributed by atoms with Crippen molar-refractivity contribution in [2.45, 2.75) is 153 Å². The first-order valence-electron chi connectivity index (χ1n) is 24.3. The molecular formula is C45H76N12O15S. The Hall–Kier alpha value is -6.13. The molecule has 16 N–H and O–H groups in total. The smallest absolute Gasteiger partial charge is 0.328 e. The highest BCUT2D eigenvalue weighted by Crippen LogP contribution is 2.25. The molecule has 2 saturated heterocycles. The van der Waals surface area contributed by atoms with Crippen LogP contribution in [0.1, 0.15) is 98.3 Å². The summed E-state index contributed by atoms with van der Waals surface area (Å²) in [5.74, 6) is -10.2. The van der Waals surface area contributed by atoms with E-state index in [9.17, 15) is 72.9 Å². The second-order valence-electron chi connectivity index (χ2n) is 18.9. The topological polar surface area (TPSA) is 434 Å². The second kappa shape index (κ2) is 31.5. The third-order valence-electron chi connectivity index (χ3n) is 12.0. The average molecular weight is 1060 g/mol. The molecule has 9 atom stereocenters. The highest BCUT2D eigenvalue weighted by atomic mass is 32.2. The van der Waals surface area contributed by atoms with Crippen LogP contribution < -0.4 is 54.4 Å². The van der Waals surface area contributed by atoms with E-state index >= 15 is 0 Å². The first-order chi connectivity index (χ1) is 34.3. The summed E-state index contributed by atoms with van der Waals surface area (Å²) >= 11 is 1.34. The Bertz CT molecular complexity index is 1980. The van der Waals surface area contributed by atoms with Gasteiger partial charge in [0.1, 0.15) is 48.3 Å². The number of aliphatic hydroxyl groups is 2. The molecule has 28 heteroatoms. The Labute approximate surface area is 428 Å². The van der Waals surface area contributed by atoms with Gasteiger partial charge in [0.15, 0.2) is 0 Å². The molecular weight excluding hydrogens is 981 g/mol. The van der Waals surface area contributed by atoms with Gasteiger partial charge in [-0.1, -0.05) is 27.7 Å². The van der Waals surface area contributed by atoms with E-state index in [4.69, 9.17) is 17.2 Å². The van der Waals surface area contributed by atoms with E-state index in [-0.39, 0.29) is 69.9 Å². The Balaban J connectivity index is 2.22. The van der Waals surface area contributed by atoms with Crippen LogP contribution >= 0.6 is 11.8 Å². The van der Waals surface area contributed by atoms with Gasteiger partial charge in [-0.3, -0.25) is 52.7 Å². The molecule has 2 aliphatic rings. The second-order valence-corrected chi connectivity index (χ2v) is 19.9. The number of aliphatic hydroxyl groups excluding tert-OH is 2. The minimum Gasteiger partial charge on any atom is -0.480 e. The van der Waals surface area contributed by atoms with Crippen molar-refractivity contribution in [3.8, 4) is 0 Å². The molecule has 2 rings (SSSR count). The quantitative estimate of drug-likeness (QED) is 0.0299. The molecule has 412 valence electrons. The Morgan fingerprint density at radius 3 is 1.52 bits per heavy atom. The van der Waals surface area contributed by atoms with E-state index in [0.717, 1.165) is 0 Å². The fraction of sp³-hybridized carbons (Fsp3) is 0.733. The Morgan fingerprint density at radius 2 is 1.01 bits per heavy atom. The highest BCUT2D eigenvalue weighted by Gasteiger charge is 2.43. The van der Waals surface area contributed by atoms with Crippen LogP contribution in [0.5, 0.6) is 0 Å². The predicted octanol–water partition coefficient (Wildman–Crippen LogP) is -5.23. The predicted molar refractivity (Wildman–Crippen MR) is 263 cm³/mol. The van der Waals surface area contributed by atoms with Gasteiger partial charge in [-0.25, -0.2) is 4.79 Å². The number of nitrogens with one attached hydrogen (secondary N) is 7. The van der Waals surface area contributed by atoms with Crippen LogP contribution in [0.4, 0.5) is 0 Å². The average Bonchev–Trinajstić information content (AvgIpc) is 4.03. The van der Waals surface area contributed by atoms with E-state index in [1.54, 1.807) is 34.0 Å². The van der Waals surface area contributed by atoms with Gasteiger partial charge < -0.3 is 79.5 Å². The van der Waals surface area contributed by atoms with Crippen molar-refractivity contribution in [1.29, 1.82) is 0 Å². The summed E-state index contributed by atoms with van der Waals surface area (Å²) in [6.07, 6.45) is 2.39. The summed E-state index contributed by atoms with van der Waals surface area (Å²) in [5.41, 5.74) is 16.2. The number of nitrogens with zero attached hydrogens (tertiary/aromatic N) is 2. The molecule has 0 spiro atoms. The lowest BCUT2D eigenvalue weighted by molar-refractivity contribution is -0.147. The van der Waals surface area contributed by atoms with Crippen molar-refractivity contribution >= 4 is 82.7 Å². The third-order valence-corrected chi connectivity index (χ3v) is 12.6. The third kappa shape index (κ3) is 21.1. The van der Waals surface area contributed by atoms with Gasteiger partial charge in [-0.05, 0) is 81.6 Å². The van der Waals surface area contributed by atoms with E-state index in [0.29, 0.717) is 25.0 Å². The molecule has 73 heavy (non-hydrogen) atoms. The van der Waals surface area contributed by atoms with E-state index in [1.807, 2.05) is 0 Å². The first-order valence-corrected chi connectivity index (χ1v) is 25.7. The number of nitrogens with two attached hydrogens (primary N) is 3. The maximum Gasteiger partial charge on any atom is 0.328 e. The molecule has 0 aromatic rings. The number of amides is 11. The summed E-state index contributed by atoms with van der Waals surface area (Å²) in [6, 6.07) is -11.9. The van der Waals surface area contributed by atoms with Crippen LogP contribution in [-0.2, 0) is 57.5 Å². The summed E-state index contributed by atoms with van der Waals surface area (Å²) < 4.78 is 0. The van der Waals surface area contributed by atoms with E-state index < -0.39 is 152 Å². The summed E-state index contributed by atoms with van der Waals surface area (Å²) in [6.45, 7) is 5.02. The van der Waals surface area contributed by atoms with Gasteiger partial charge in [0.05, 0.1) is 25.8 Å². The number of primary amides is 2. The van der Waals surface area contributed by atoms with Crippen molar-refractivity contribution < 1.29 is 72.9 Å². The standard InChI is InChI=1S/C45H76N12O15S/c1-23(2)18-28(40(66)50-26(11-13-35(48)61)38(64)55-31(22-59)45(71)72)52-42(68)30(21-58)54-39(65)27(14-17-73-5)51-41(67)29(19-24(3)4)53-43(69)32-8-6-16-57(32)44(70)33-9-7-15-56(33)36(62)20-49-37(63)25(46)10-12-34(47)60/h23-33,58-59H,6-22,46H2,1-5H3,(H2,47,60)(H2,48,61)(H,49,63)(H,50,66)(H,51,67)(H,52,68)(H,53,69)(H,54,65)(H,55,64)(H,71,72)/t25-,26-,27-,28-,29-,30-,31-,32-,33-/m0/s1. The fourth-order valence-electron chi connectivity index (χ4n) is 8.12. The fourth-order valence-corrected chi connectivity index (χ4v) is 8.59. The van der Waals surface area contributed by atoms with Crippen LogP contribution in [-0.4, -0.2) is 195 Å². The number of rotatable bonds is 32. The lowest BCUT2D eigenvalue weighted by Gasteiger charge is -2.32. The molecule has 0 aromatic carbocycles. The van der Waals surface area contributed by atoms with Crippen LogP contribution in [0, 0.1) is 11.8 Å². The van der Waals surface area contributed by atoms with Crippen molar-refractivity contribution in [3.05, 3.63) is 0 Å². The molecule has 0 saturated carbocycles. The van der Waals surface area contributed by atoms with E-state index in [2.05, 4.69) is 37.2 Å². The number of carbonyl (C=O) groups excluding carboxylic acids is 11. The number of carboxylic acids is 1. The molecule has 0 aliphatic carbocycles. The van der Waals surface area contributed by atoms with Crippen LogP contribution in [0.2, 0.25) is 0 Å². The monoisotopic (exact) mass is 1060 g/mol. The van der Waals surface area contributed by atoms with Crippen molar-refractivity contribution in [1.82, 2.24) is 47.0 Å². The van der Waals surface area contributed by atoms with Crippen molar-refractivity contribution in [2.75, 3.05) is 44.9 Å². The maximum atomic E-state index is 14.0. The number of carbonyl (C=O) groups is 12. The molecule has 0 aromatic heterocycles. The molecule has 2 heterocycles. The number of likely N-dealkylation sites (tertiary alicyclic amines) is 2. The largest absolute Gasteiger partial charge is 0.480 e. The minimum atomic E-state index is -1.74. The molecule has 2 aliphatic heterocycles. The van der Waals surface area contributed by atoms with Gasteiger partial charge in [-0.15, -0.1) is 0 Å². The maximum absolute atomic E-state index is 14.0. The molecule has 27 nitrogen and oxygen atoms in total. The van der Waals surface area contributed by atoms with Crippen molar-refractivity contribution in [2.24, 2.45) is 29.0 Å². The first kappa shape index (κ1) is 63.0. The lowest BCUT2D eigenvalue weighted by Crippen LogP contribution is -2.61. The zero-order valence-corrected chi connectivity index (χ0v) is 43.0. The van der Waals surface area contributed by atoms with Gasteiger partial charge >= 0.3 is 5.97 Å². The van der Waals surface area contributed by atoms with Crippen LogP contribution in [0.15, 0.2) is 0 Å². The van der Waals surface area contributed by atoms with E-state index in [1.165, 1.54) is 21.6 Å². The minimum absolute atomic E-state index is 0.0189. The summed E-state index contributed by atoms with van der Waals surface area (Å²) in [4.78, 5) is 159. The van der Waals surface area contributed by atoms with Crippen molar-refractivity contribution in [3.63, 3.8) is 0 Å². The van der Waals surface area contributed by atoms with Gasteiger partial charge in [0, 0.05) is 25.9 Å². The number of thioether (sulfide) groups is 1. The lowest BCUT2D eigenvalue weighted by atomic mass is 10.0. The summed E-state index contributed by atoms with van der Waals surface area (Å²) in [5, 5.41) is 46.1. The summed E-state index contributed by atoms with van der Waals surface area (Å²) in [7, 11) is 0. The molecule has 0 unspecified atom stereocenters. The van der Waals surface area contributed by atoms with Crippen LogP contribution in [0.25, 0.3) is 0 Å². The highest BCUT2D eigenvalue weighted by molar-refractivity contribution is 7.98. The molecule has 0 bridgehead atoms. The van der Waals surface area contributed by atoms with Gasteiger partial charge in [0.25, 0.3) is 0 Å². The number of aliphatic carboxylic acids is 1. The molecule has 11 amide bonds. The normalized spacial score (nSPS) is 18.3. The molecule has 0 radical (unpaired) electrons. The zero-order chi connectivity index (χ0) is 55.1. The number of hydrogen-bond acceptors (Lipinski definition) is 16. The Morgan fingerprint density at radius 1 is 0.575 bits per heavy atom. The SMILES string of the molecule is CSCC[C@H](NC(=O)[C@H](CC(C)C)NC(=O)[C@@H]1CCCN1C(=O)[C@@H]1CCCN1C(=O)CNC(=O)[C@@H](N)CCC(N)=O)C(=O)N[C@@H](CO)C(=O)N[C@@H](CC(C)C)C(=O)N[C@@H](CCC(N)=O)C(=O)N[C@@H](CO)C(=O)O. The molecule has 2 fully saturated rings. The Kier molecular flexibility index (Phi) is 27.1. The number of carboxylic acid groups (broad SMARTS) is 1. The van der Waals surface area contributed by atoms with Gasteiger partial charge in [-0.2, -0.15) is 11.8 Å². The van der Waals surface area contributed by atoms with Crippen LogP contribution in [0.3, 0.4) is 0 Å².